The minimum Gasteiger partial charge on any atom is -0.363 e. The standard InChI is InChI=1S/C31H49N5O6/c1-15(2)21(23(37)17-9-8-10-17)34-29(42)35-25(30(3,4)5)28(41)36-14-18-20(31(18,6)7)22(36)27(40)33-19(13-16-11-12-16)24(38)26(32)39/h15-22,25H,8-14H2,1-7H3,(H2,32,39)(H,33,40)(H2,34,35,42)/t18?,19?,20-,21-,22-,25+/m0/s1. The maximum Gasteiger partial charge on any atom is 0.316 e. The second-order valence-electron chi connectivity index (χ2n) is 15.0. The molecular weight excluding hydrogens is 538 g/mol. The summed E-state index contributed by atoms with van der Waals surface area (Å²) < 4.78 is 0. The molecular formula is C31H49N5O6. The number of hydrogen-bond acceptors (Lipinski definition) is 6. The molecule has 11 nitrogen and oxygen atoms in total. The van der Waals surface area contributed by atoms with Crippen molar-refractivity contribution >= 4 is 35.3 Å². The highest BCUT2D eigenvalue weighted by molar-refractivity contribution is 6.37. The number of rotatable bonds is 12. The van der Waals surface area contributed by atoms with Gasteiger partial charge in [0.15, 0.2) is 5.78 Å². The number of likely N-dealkylation sites (tertiary alicyclic amines) is 1. The summed E-state index contributed by atoms with van der Waals surface area (Å²) >= 11 is 0. The number of carbonyl (C=O) groups is 6. The molecule has 0 aromatic carbocycles. The van der Waals surface area contributed by atoms with Crippen LogP contribution in [0.4, 0.5) is 4.79 Å². The van der Waals surface area contributed by atoms with E-state index >= 15 is 0 Å². The normalized spacial score (nSPS) is 26.8. The molecule has 0 bridgehead atoms. The fourth-order valence-electron chi connectivity index (χ4n) is 6.80. The molecule has 5 amide bonds. The van der Waals surface area contributed by atoms with Gasteiger partial charge in [-0.1, -0.05) is 67.7 Å². The Kier molecular flexibility index (Phi) is 8.82. The number of amides is 5. The second-order valence-corrected chi connectivity index (χ2v) is 15.0. The van der Waals surface area contributed by atoms with Crippen LogP contribution in [0.3, 0.4) is 0 Å². The lowest BCUT2D eigenvalue weighted by molar-refractivity contribution is -0.145. The van der Waals surface area contributed by atoms with Crippen molar-refractivity contribution in [3.63, 3.8) is 0 Å². The fourth-order valence-corrected chi connectivity index (χ4v) is 6.80. The monoisotopic (exact) mass is 587 g/mol. The van der Waals surface area contributed by atoms with E-state index in [0.29, 0.717) is 13.0 Å². The quantitative estimate of drug-likeness (QED) is 0.254. The van der Waals surface area contributed by atoms with Crippen molar-refractivity contribution in [3.05, 3.63) is 0 Å². The number of urea groups is 1. The summed E-state index contributed by atoms with van der Waals surface area (Å²) in [5.74, 6) is -2.71. The summed E-state index contributed by atoms with van der Waals surface area (Å²) in [5, 5.41) is 8.41. The molecule has 1 heterocycles. The number of fused-ring (bicyclic) bond motifs is 1. The van der Waals surface area contributed by atoms with E-state index in [2.05, 4.69) is 29.8 Å². The molecule has 0 radical (unpaired) electrons. The molecule has 3 saturated carbocycles. The van der Waals surface area contributed by atoms with Gasteiger partial charge in [0.05, 0.1) is 12.1 Å². The largest absolute Gasteiger partial charge is 0.363 e. The molecule has 3 aliphatic carbocycles. The molecule has 0 spiro atoms. The summed E-state index contributed by atoms with van der Waals surface area (Å²) in [6, 6.07) is -4.11. The minimum absolute atomic E-state index is 0.0230. The van der Waals surface area contributed by atoms with Crippen LogP contribution in [0.15, 0.2) is 0 Å². The van der Waals surface area contributed by atoms with Gasteiger partial charge in [-0.05, 0) is 53.8 Å². The highest BCUT2D eigenvalue weighted by Gasteiger charge is 2.70. The second kappa shape index (κ2) is 11.6. The van der Waals surface area contributed by atoms with E-state index in [1.54, 1.807) is 0 Å². The molecule has 1 aliphatic heterocycles. The summed E-state index contributed by atoms with van der Waals surface area (Å²) in [7, 11) is 0. The summed E-state index contributed by atoms with van der Waals surface area (Å²) in [6.45, 7) is 13.7. The van der Waals surface area contributed by atoms with E-state index in [1.807, 2.05) is 34.6 Å². The molecule has 4 aliphatic rings. The average Bonchev–Trinajstić information content (AvgIpc) is 3.69. The summed E-state index contributed by atoms with van der Waals surface area (Å²) in [4.78, 5) is 79.9. The number of nitrogens with two attached hydrogens (primary N) is 1. The predicted octanol–water partition coefficient (Wildman–Crippen LogP) is 1.92. The van der Waals surface area contributed by atoms with Crippen molar-refractivity contribution in [2.45, 2.75) is 111 Å². The first kappa shape index (κ1) is 31.9. The molecule has 0 aromatic heterocycles. The first-order chi connectivity index (χ1) is 19.4. The molecule has 2 unspecified atom stereocenters. The van der Waals surface area contributed by atoms with Crippen molar-refractivity contribution in [3.8, 4) is 0 Å². The zero-order valence-electron chi connectivity index (χ0n) is 26.1. The number of ketones is 2. The van der Waals surface area contributed by atoms with Gasteiger partial charge in [0.2, 0.25) is 17.6 Å². The number of Topliss-reactive ketones (excluding diaryl/α,β-unsaturated/α-hetero) is 2. The van der Waals surface area contributed by atoms with Crippen LogP contribution in [-0.2, 0) is 24.0 Å². The Bertz CT molecular complexity index is 1140. The number of piperidine rings is 1. The topological polar surface area (TPSA) is 168 Å². The van der Waals surface area contributed by atoms with Crippen LogP contribution in [0, 0.1) is 40.4 Å². The lowest BCUT2D eigenvalue weighted by Crippen LogP contribution is -2.62. The zero-order chi connectivity index (χ0) is 31.3. The molecule has 0 aromatic rings. The number of nitrogens with zero attached hydrogens (tertiary/aromatic N) is 1. The Hall–Kier alpha value is -2.98. The molecule has 234 valence electrons. The maximum absolute atomic E-state index is 14.1. The van der Waals surface area contributed by atoms with Crippen molar-refractivity contribution in [2.75, 3.05) is 6.54 Å². The van der Waals surface area contributed by atoms with E-state index in [9.17, 15) is 28.8 Å². The van der Waals surface area contributed by atoms with Crippen LogP contribution in [-0.4, -0.2) is 70.9 Å². The lowest BCUT2D eigenvalue weighted by Gasteiger charge is -2.38. The molecule has 4 rings (SSSR count). The SMILES string of the molecule is CC(C)[C@H](NC(=O)N[C@H](C(=O)N1CC2[C@@H]([C@H]1C(=O)NC(CC1CC1)C(=O)C(N)=O)C2(C)C)C(C)(C)C)C(=O)C1CCC1. The third kappa shape index (κ3) is 6.49. The van der Waals surface area contributed by atoms with Crippen LogP contribution in [0.5, 0.6) is 0 Å². The first-order valence-corrected chi connectivity index (χ1v) is 15.5. The smallest absolute Gasteiger partial charge is 0.316 e. The van der Waals surface area contributed by atoms with Gasteiger partial charge >= 0.3 is 6.03 Å². The maximum atomic E-state index is 14.1. The third-order valence-corrected chi connectivity index (χ3v) is 10.1. The van der Waals surface area contributed by atoms with Gasteiger partial charge in [0, 0.05) is 12.5 Å². The van der Waals surface area contributed by atoms with Crippen LogP contribution in [0.25, 0.3) is 0 Å². The van der Waals surface area contributed by atoms with Gasteiger partial charge in [-0.15, -0.1) is 0 Å². The lowest BCUT2D eigenvalue weighted by atomic mass is 9.78. The van der Waals surface area contributed by atoms with E-state index < -0.39 is 59.1 Å². The number of primary amides is 1. The van der Waals surface area contributed by atoms with Crippen LogP contribution < -0.4 is 21.7 Å². The summed E-state index contributed by atoms with van der Waals surface area (Å²) in [6.07, 6.45) is 4.87. The van der Waals surface area contributed by atoms with Crippen molar-refractivity contribution in [1.82, 2.24) is 20.9 Å². The molecule has 5 N–H and O–H groups in total. The third-order valence-electron chi connectivity index (χ3n) is 10.1. The van der Waals surface area contributed by atoms with Gasteiger partial charge in [-0.3, -0.25) is 24.0 Å². The first-order valence-electron chi connectivity index (χ1n) is 15.5. The average molecular weight is 588 g/mol. The molecule has 42 heavy (non-hydrogen) atoms. The number of carbonyl (C=O) groups excluding carboxylic acids is 6. The zero-order valence-corrected chi connectivity index (χ0v) is 26.1. The Morgan fingerprint density at radius 1 is 0.952 bits per heavy atom. The van der Waals surface area contributed by atoms with Crippen molar-refractivity contribution in [2.24, 2.45) is 46.2 Å². The van der Waals surface area contributed by atoms with Gasteiger partial charge in [-0.25, -0.2) is 4.79 Å². The van der Waals surface area contributed by atoms with E-state index in [0.717, 1.165) is 32.1 Å². The van der Waals surface area contributed by atoms with E-state index in [4.69, 9.17) is 5.73 Å². The number of nitrogens with one attached hydrogen (secondary N) is 3. The van der Waals surface area contributed by atoms with Gasteiger partial charge in [-0.2, -0.15) is 0 Å². The van der Waals surface area contributed by atoms with Crippen molar-refractivity contribution < 1.29 is 28.8 Å². The van der Waals surface area contributed by atoms with E-state index in [1.165, 1.54) is 4.90 Å². The predicted molar refractivity (Wildman–Crippen MR) is 156 cm³/mol. The fraction of sp³-hybridized carbons (Fsp3) is 0.806. The highest BCUT2D eigenvalue weighted by atomic mass is 16.2. The Morgan fingerprint density at radius 2 is 1.57 bits per heavy atom. The van der Waals surface area contributed by atoms with Crippen LogP contribution in [0.1, 0.15) is 87.0 Å². The number of hydrogen-bond donors (Lipinski definition) is 4. The summed E-state index contributed by atoms with van der Waals surface area (Å²) in [5.41, 5.74) is 4.40. The molecule has 1 saturated heterocycles. The van der Waals surface area contributed by atoms with Gasteiger partial charge in [0.1, 0.15) is 12.1 Å². The highest BCUT2D eigenvalue weighted by Crippen LogP contribution is 2.65. The molecule has 4 fully saturated rings. The Labute approximate surface area is 248 Å². The Balaban J connectivity index is 1.51. The van der Waals surface area contributed by atoms with Crippen LogP contribution >= 0.6 is 0 Å². The van der Waals surface area contributed by atoms with Gasteiger partial charge < -0.3 is 26.6 Å². The van der Waals surface area contributed by atoms with E-state index in [-0.39, 0.29) is 40.8 Å². The minimum atomic E-state index is -1.09. The van der Waals surface area contributed by atoms with Crippen LogP contribution in [0.2, 0.25) is 0 Å². The molecule has 6 atom stereocenters. The van der Waals surface area contributed by atoms with Crippen molar-refractivity contribution in [1.29, 1.82) is 0 Å². The van der Waals surface area contributed by atoms with Gasteiger partial charge in [0.25, 0.3) is 5.91 Å². The Morgan fingerprint density at radius 3 is 2.05 bits per heavy atom. The molecule has 11 heteroatoms.